The lowest BCUT2D eigenvalue weighted by Gasteiger charge is -2.21. The molecule has 4 atom stereocenters. The Kier molecular flexibility index (Phi) is 13.3. The Labute approximate surface area is 306 Å². The van der Waals surface area contributed by atoms with Gasteiger partial charge in [-0.2, -0.15) is 4.98 Å². The number of ether oxygens (including phenoxy) is 1. The predicted octanol–water partition coefficient (Wildman–Crippen LogP) is 3.32. The van der Waals surface area contributed by atoms with Crippen LogP contribution in [-0.4, -0.2) is 94.8 Å². The number of pyridine rings is 1. The third-order valence-corrected chi connectivity index (χ3v) is 9.24. The van der Waals surface area contributed by atoms with E-state index in [4.69, 9.17) is 21.3 Å². The van der Waals surface area contributed by atoms with Gasteiger partial charge in [-0.1, -0.05) is 43.6 Å². The molecule has 1 aromatic carbocycles. The number of fused-ring (bicyclic) bond motifs is 1. The fraction of sp³-hybridized carbons (Fsp3) is 0.459. The second-order valence-corrected chi connectivity index (χ2v) is 13.3. The number of aliphatic hydroxyl groups excluding tert-OH is 3. The number of ketones is 1. The van der Waals surface area contributed by atoms with E-state index in [2.05, 4.69) is 10.3 Å². The number of amides is 2. The van der Waals surface area contributed by atoms with Crippen LogP contribution in [0.5, 0.6) is 0 Å². The van der Waals surface area contributed by atoms with Crippen LogP contribution in [0.15, 0.2) is 59.7 Å². The number of Topliss-reactive ketones (excluding diaryl/α,β-unsaturated/α-hetero) is 1. The molecule has 1 fully saturated rings. The Morgan fingerprint density at radius 1 is 0.942 bits per heavy atom. The minimum absolute atomic E-state index is 0.00402. The molecule has 4 heterocycles. The lowest BCUT2D eigenvalue weighted by atomic mass is 10.0. The largest absolute Gasteiger partial charge is 0.394 e. The number of carbonyl (C=O) groups excluding carboxylic acids is 3. The number of imidazole rings is 1. The Bertz CT molecular complexity index is 1920. The summed E-state index contributed by atoms with van der Waals surface area (Å²) in [7, 11) is 0. The van der Waals surface area contributed by atoms with Gasteiger partial charge in [-0.05, 0) is 49.9 Å². The maximum atomic E-state index is 13.5. The van der Waals surface area contributed by atoms with Crippen molar-refractivity contribution in [3.63, 3.8) is 0 Å². The highest BCUT2D eigenvalue weighted by molar-refractivity contribution is 6.30. The van der Waals surface area contributed by atoms with Crippen molar-refractivity contribution in [1.29, 1.82) is 0 Å². The van der Waals surface area contributed by atoms with Crippen LogP contribution in [0.3, 0.4) is 0 Å². The molecule has 278 valence electrons. The van der Waals surface area contributed by atoms with E-state index in [1.54, 1.807) is 12.1 Å². The van der Waals surface area contributed by atoms with Crippen molar-refractivity contribution in [2.45, 2.75) is 89.8 Å². The molecule has 52 heavy (non-hydrogen) atoms. The van der Waals surface area contributed by atoms with Gasteiger partial charge in [-0.3, -0.25) is 19.0 Å². The van der Waals surface area contributed by atoms with Crippen LogP contribution in [0.2, 0.25) is 5.02 Å². The molecule has 0 bridgehead atoms. The number of unbranched alkanes of at least 4 members (excludes halogenated alkanes) is 1. The number of nitrogens with zero attached hydrogens (tertiary/aromatic N) is 5. The highest BCUT2D eigenvalue weighted by Gasteiger charge is 2.43. The number of aliphatic hydroxyl groups is 3. The highest BCUT2D eigenvalue weighted by Crippen LogP contribution is 2.30. The van der Waals surface area contributed by atoms with Gasteiger partial charge in [0, 0.05) is 60.9 Å². The van der Waals surface area contributed by atoms with Crippen LogP contribution in [0.25, 0.3) is 16.9 Å². The molecule has 15 heteroatoms. The molecule has 0 aliphatic carbocycles. The summed E-state index contributed by atoms with van der Waals surface area (Å²) in [5, 5.41) is 32.6. The lowest BCUT2D eigenvalue weighted by Crippen LogP contribution is -2.36. The molecule has 0 radical (unpaired) electrons. The Hall–Kier alpha value is -4.47. The molecular formula is C37H45ClN6O8. The number of benzene rings is 1. The van der Waals surface area contributed by atoms with Gasteiger partial charge in [0.2, 0.25) is 11.8 Å². The monoisotopic (exact) mass is 736 g/mol. The van der Waals surface area contributed by atoms with Crippen LogP contribution in [0, 0.1) is 0 Å². The van der Waals surface area contributed by atoms with Crippen molar-refractivity contribution >= 4 is 40.7 Å². The summed E-state index contributed by atoms with van der Waals surface area (Å²) in [6, 6.07) is 12.4. The Balaban J connectivity index is 1.19. The molecule has 1 saturated heterocycles. The van der Waals surface area contributed by atoms with Gasteiger partial charge in [-0.25, -0.2) is 9.78 Å². The number of rotatable bonds is 17. The number of carbonyl (C=O) groups is 3. The van der Waals surface area contributed by atoms with E-state index in [0.29, 0.717) is 42.3 Å². The molecule has 5 rings (SSSR count). The van der Waals surface area contributed by atoms with E-state index in [1.807, 2.05) is 53.6 Å². The van der Waals surface area contributed by atoms with Gasteiger partial charge in [0.1, 0.15) is 35.6 Å². The third kappa shape index (κ3) is 9.11. The standard InChI is InChI=1S/C37H45ClN6O8/c1-3-16-42(17-4-2)31(48)21-27-32(23-11-13-25(38)14-12-23)41-35-24(8-7-18-43(27)35)20-26(46)9-5-6-10-30(47)39-29-15-19-44(37(51)40-29)36-34(50)33(49)28(22-45)52-36/h7-8,11-15,18-19,28,33-34,36,45,49-50H,3-6,9-10,16-17,20-22H2,1-2H3,(H,39,40,47,51)/t28-,33-,34+,36-/m1/s1. The van der Waals surface area contributed by atoms with Gasteiger partial charge < -0.3 is 34.7 Å². The molecule has 0 spiro atoms. The van der Waals surface area contributed by atoms with E-state index < -0.39 is 36.8 Å². The van der Waals surface area contributed by atoms with E-state index in [1.165, 1.54) is 12.3 Å². The second kappa shape index (κ2) is 17.8. The zero-order valence-electron chi connectivity index (χ0n) is 29.3. The van der Waals surface area contributed by atoms with Crippen molar-refractivity contribution in [2.75, 3.05) is 25.0 Å². The van der Waals surface area contributed by atoms with Crippen molar-refractivity contribution in [2.24, 2.45) is 0 Å². The number of halogens is 1. The van der Waals surface area contributed by atoms with Gasteiger partial charge in [-0.15, -0.1) is 0 Å². The molecule has 0 saturated carbocycles. The fourth-order valence-electron chi connectivity index (χ4n) is 6.37. The zero-order chi connectivity index (χ0) is 37.4. The van der Waals surface area contributed by atoms with Crippen LogP contribution in [0.4, 0.5) is 5.82 Å². The van der Waals surface area contributed by atoms with E-state index >= 15 is 0 Å². The fourth-order valence-corrected chi connectivity index (χ4v) is 6.50. The van der Waals surface area contributed by atoms with Gasteiger partial charge in [0.15, 0.2) is 6.23 Å². The first-order valence-electron chi connectivity index (χ1n) is 17.6. The van der Waals surface area contributed by atoms with Crippen molar-refractivity contribution in [1.82, 2.24) is 23.8 Å². The van der Waals surface area contributed by atoms with Crippen LogP contribution < -0.4 is 11.0 Å². The number of aromatic nitrogens is 4. The van der Waals surface area contributed by atoms with Gasteiger partial charge in [0.25, 0.3) is 0 Å². The average Bonchev–Trinajstić information content (AvgIpc) is 3.63. The average molecular weight is 737 g/mol. The topological polar surface area (TPSA) is 189 Å². The first-order valence-corrected chi connectivity index (χ1v) is 18.0. The minimum atomic E-state index is -1.44. The summed E-state index contributed by atoms with van der Waals surface area (Å²) in [4.78, 5) is 62.4. The van der Waals surface area contributed by atoms with Crippen LogP contribution in [0.1, 0.15) is 69.9 Å². The molecule has 1 aliphatic rings. The van der Waals surface area contributed by atoms with E-state index in [-0.39, 0.29) is 49.1 Å². The van der Waals surface area contributed by atoms with Crippen molar-refractivity contribution in [3.8, 4) is 11.3 Å². The first-order chi connectivity index (χ1) is 25.0. The first kappa shape index (κ1) is 38.8. The summed E-state index contributed by atoms with van der Waals surface area (Å²) >= 11 is 6.16. The maximum absolute atomic E-state index is 13.5. The van der Waals surface area contributed by atoms with Gasteiger partial charge in [0.05, 0.1) is 24.4 Å². The summed E-state index contributed by atoms with van der Waals surface area (Å²) in [5.74, 6) is -0.387. The second-order valence-electron chi connectivity index (χ2n) is 12.9. The Morgan fingerprint density at radius 2 is 1.65 bits per heavy atom. The third-order valence-electron chi connectivity index (χ3n) is 8.99. The normalized spacial score (nSPS) is 18.5. The lowest BCUT2D eigenvalue weighted by molar-refractivity contribution is -0.130. The number of anilines is 1. The highest BCUT2D eigenvalue weighted by atomic mass is 35.5. The smallest absolute Gasteiger partial charge is 0.351 e. The summed E-state index contributed by atoms with van der Waals surface area (Å²) < 4.78 is 8.24. The molecule has 2 amide bonds. The van der Waals surface area contributed by atoms with Gasteiger partial charge >= 0.3 is 5.69 Å². The minimum Gasteiger partial charge on any atom is -0.394 e. The number of hydrogen-bond acceptors (Lipinski definition) is 10. The van der Waals surface area contributed by atoms with Crippen LogP contribution in [-0.2, 0) is 32.0 Å². The molecular weight excluding hydrogens is 692 g/mol. The van der Waals surface area contributed by atoms with Crippen LogP contribution >= 0.6 is 11.6 Å². The quantitative estimate of drug-likeness (QED) is 0.117. The molecule has 1 aliphatic heterocycles. The number of nitrogens with one attached hydrogen (secondary N) is 1. The maximum Gasteiger partial charge on any atom is 0.351 e. The molecule has 0 unspecified atom stereocenters. The molecule has 4 N–H and O–H groups in total. The van der Waals surface area contributed by atoms with Crippen molar-refractivity contribution < 1.29 is 34.4 Å². The summed E-state index contributed by atoms with van der Waals surface area (Å²) in [6.07, 6.45) is 1.25. The summed E-state index contributed by atoms with van der Waals surface area (Å²) in [6.45, 7) is 4.91. The molecule has 14 nitrogen and oxygen atoms in total. The zero-order valence-corrected chi connectivity index (χ0v) is 30.0. The van der Waals surface area contributed by atoms with E-state index in [0.717, 1.165) is 34.2 Å². The SMILES string of the molecule is CCCN(CCC)C(=O)Cc1c(-c2ccc(Cl)cc2)nc2c(CC(=O)CCCCC(=O)Nc3ccn([C@@H]4O[C@H](CO)[C@@H](O)[C@@H]4O)c(=O)n3)cccn12. The number of hydrogen-bond donors (Lipinski definition) is 4. The van der Waals surface area contributed by atoms with Crippen molar-refractivity contribution in [3.05, 3.63) is 81.6 Å². The Morgan fingerprint density at radius 3 is 2.31 bits per heavy atom. The summed E-state index contributed by atoms with van der Waals surface area (Å²) in [5.41, 5.74) is 2.74. The van der Waals surface area contributed by atoms with E-state index in [9.17, 15) is 34.5 Å². The molecule has 3 aromatic heterocycles. The molecule has 4 aromatic rings. The predicted molar refractivity (Wildman–Crippen MR) is 194 cm³/mol.